The first-order chi connectivity index (χ1) is 13.0. The Kier molecular flexibility index (Phi) is 7.16. The summed E-state index contributed by atoms with van der Waals surface area (Å²) in [4.78, 5) is 9.56. The van der Waals surface area contributed by atoms with Crippen LogP contribution in [0.5, 0.6) is 0 Å². The number of nitrogens with zero attached hydrogens (tertiary/aromatic N) is 5. The lowest BCUT2D eigenvalue weighted by Gasteiger charge is -2.35. The van der Waals surface area contributed by atoms with Gasteiger partial charge in [0.25, 0.3) is 0 Å². The van der Waals surface area contributed by atoms with Crippen LogP contribution in [0.1, 0.15) is 51.0 Å². The smallest absolute Gasteiger partial charge is 0.193 e. The molecule has 2 aliphatic rings. The lowest BCUT2D eigenvalue weighted by atomic mass is 9.92. The Bertz CT molecular complexity index is 600. The molecule has 2 aliphatic heterocycles. The van der Waals surface area contributed by atoms with Crippen molar-refractivity contribution in [2.45, 2.75) is 45.4 Å². The largest absolute Gasteiger partial charge is 0.356 e. The molecule has 2 fully saturated rings. The monoisotopic (exact) mass is 374 g/mol. The van der Waals surface area contributed by atoms with Crippen LogP contribution in [0.3, 0.4) is 0 Å². The van der Waals surface area contributed by atoms with E-state index in [1.807, 2.05) is 25.0 Å². The first-order valence-electron chi connectivity index (χ1n) is 10.7. The molecule has 0 aliphatic carbocycles. The van der Waals surface area contributed by atoms with Gasteiger partial charge in [0.05, 0.1) is 6.20 Å². The molecule has 1 aromatic heterocycles. The summed E-state index contributed by atoms with van der Waals surface area (Å²) in [6, 6.07) is 0. The van der Waals surface area contributed by atoms with Gasteiger partial charge < -0.3 is 15.1 Å². The zero-order valence-electron chi connectivity index (χ0n) is 17.7. The number of unbranched alkanes of at least 4 members (excludes halogenated alkanes) is 1. The first-order valence-corrected chi connectivity index (χ1v) is 10.7. The van der Waals surface area contributed by atoms with E-state index in [1.165, 1.54) is 50.9 Å². The molecule has 3 rings (SSSR count). The predicted octanol–water partition coefficient (Wildman–Crippen LogP) is 2.54. The fourth-order valence-electron chi connectivity index (χ4n) is 4.84. The van der Waals surface area contributed by atoms with Gasteiger partial charge in [-0.3, -0.25) is 9.67 Å². The van der Waals surface area contributed by atoms with Gasteiger partial charge in [0.2, 0.25) is 0 Å². The summed E-state index contributed by atoms with van der Waals surface area (Å²) >= 11 is 0. The van der Waals surface area contributed by atoms with Crippen molar-refractivity contribution in [1.29, 1.82) is 0 Å². The number of aromatic nitrogens is 2. The van der Waals surface area contributed by atoms with E-state index in [9.17, 15) is 0 Å². The van der Waals surface area contributed by atoms with Crippen LogP contribution in [0.2, 0.25) is 0 Å². The van der Waals surface area contributed by atoms with E-state index in [4.69, 9.17) is 0 Å². The number of guanidine groups is 1. The summed E-state index contributed by atoms with van der Waals surface area (Å²) in [5.41, 5.74) is 1.35. The van der Waals surface area contributed by atoms with Crippen molar-refractivity contribution in [3.8, 4) is 0 Å². The van der Waals surface area contributed by atoms with Crippen LogP contribution < -0.4 is 5.32 Å². The third-order valence-corrected chi connectivity index (χ3v) is 6.02. The maximum atomic E-state index is 4.51. The van der Waals surface area contributed by atoms with E-state index in [0.29, 0.717) is 5.92 Å². The zero-order valence-corrected chi connectivity index (χ0v) is 17.7. The summed E-state index contributed by atoms with van der Waals surface area (Å²) in [7, 11) is 3.89. The van der Waals surface area contributed by atoms with Crippen LogP contribution in [0.25, 0.3) is 0 Å². The molecule has 0 spiro atoms. The van der Waals surface area contributed by atoms with Crippen molar-refractivity contribution in [3.63, 3.8) is 0 Å². The Morgan fingerprint density at radius 2 is 2.00 bits per heavy atom. The zero-order chi connectivity index (χ0) is 19.2. The average molecular weight is 375 g/mol. The molecule has 2 saturated heterocycles. The molecule has 3 atom stereocenters. The second-order valence-electron chi connectivity index (χ2n) is 8.77. The third kappa shape index (κ3) is 5.71. The van der Waals surface area contributed by atoms with Crippen LogP contribution in [0.15, 0.2) is 17.4 Å². The number of hydrogen-bond donors (Lipinski definition) is 1. The molecule has 3 heterocycles. The van der Waals surface area contributed by atoms with Crippen molar-refractivity contribution in [3.05, 3.63) is 18.0 Å². The van der Waals surface area contributed by atoms with Crippen molar-refractivity contribution < 1.29 is 0 Å². The van der Waals surface area contributed by atoms with Crippen molar-refractivity contribution in [2.75, 3.05) is 46.3 Å². The third-order valence-electron chi connectivity index (χ3n) is 6.02. The van der Waals surface area contributed by atoms with Crippen LogP contribution in [0, 0.1) is 11.8 Å². The highest BCUT2D eigenvalue weighted by Crippen LogP contribution is 2.26. The Hall–Kier alpha value is -1.56. The van der Waals surface area contributed by atoms with Gasteiger partial charge in [-0.25, -0.2) is 0 Å². The molecule has 0 radical (unpaired) electrons. The molecule has 152 valence electrons. The molecule has 0 aromatic carbocycles. The van der Waals surface area contributed by atoms with Crippen LogP contribution in [-0.2, 0) is 7.05 Å². The number of piperidine rings is 1. The van der Waals surface area contributed by atoms with Gasteiger partial charge in [-0.2, -0.15) is 5.10 Å². The SMILES string of the molecule is CN=C(NCCCCN1CC(C)CC(C)C1)N1CCC(c2cnn(C)c2)C1. The van der Waals surface area contributed by atoms with Gasteiger partial charge in [-0.1, -0.05) is 13.8 Å². The van der Waals surface area contributed by atoms with Gasteiger partial charge in [0, 0.05) is 58.9 Å². The molecule has 1 aromatic rings. The van der Waals surface area contributed by atoms with Crippen LogP contribution >= 0.6 is 0 Å². The Morgan fingerprint density at radius 3 is 2.67 bits per heavy atom. The average Bonchev–Trinajstić information content (AvgIpc) is 3.26. The van der Waals surface area contributed by atoms with Crippen molar-refractivity contribution in [2.24, 2.45) is 23.9 Å². The van der Waals surface area contributed by atoms with E-state index < -0.39 is 0 Å². The molecule has 3 unspecified atom stereocenters. The molecular weight excluding hydrogens is 336 g/mol. The number of aryl methyl sites for hydroxylation is 1. The standard InChI is InChI=1S/C21H38N6/c1-17-11-18(2)14-26(13-17)9-6-5-8-23-21(22-3)27-10-7-19(16-27)20-12-24-25(4)15-20/h12,15,17-19H,5-11,13-14,16H2,1-4H3,(H,22,23). The highest BCUT2D eigenvalue weighted by atomic mass is 15.3. The number of hydrogen-bond acceptors (Lipinski definition) is 3. The lowest BCUT2D eigenvalue weighted by Crippen LogP contribution is -2.41. The van der Waals surface area contributed by atoms with Crippen LogP contribution in [-0.4, -0.2) is 71.9 Å². The van der Waals surface area contributed by atoms with Gasteiger partial charge in [0.15, 0.2) is 5.96 Å². The summed E-state index contributed by atoms with van der Waals surface area (Å²) < 4.78 is 1.90. The van der Waals surface area contributed by atoms with Gasteiger partial charge in [0.1, 0.15) is 0 Å². The Morgan fingerprint density at radius 1 is 1.22 bits per heavy atom. The normalized spacial score (nSPS) is 27.3. The molecule has 6 heteroatoms. The molecule has 1 N–H and O–H groups in total. The Labute approximate surface area is 165 Å². The number of aliphatic imine (C=N–C) groups is 1. The molecule has 6 nitrogen and oxygen atoms in total. The second-order valence-corrected chi connectivity index (χ2v) is 8.77. The highest BCUT2D eigenvalue weighted by Gasteiger charge is 2.26. The summed E-state index contributed by atoms with van der Waals surface area (Å²) in [5, 5.41) is 7.90. The molecule has 0 bridgehead atoms. The van der Waals surface area contributed by atoms with Crippen molar-refractivity contribution in [1.82, 2.24) is 24.9 Å². The molecule has 27 heavy (non-hydrogen) atoms. The minimum atomic E-state index is 0.570. The summed E-state index contributed by atoms with van der Waals surface area (Å²) in [6.45, 7) is 11.7. The topological polar surface area (TPSA) is 48.7 Å². The van der Waals surface area contributed by atoms with Gasteiger partial charge >= 0.3 is 0 Å². The van der Waals surface area contributed by atoms with E-state index in [1.54, 1.807) is 0 Å². The van der Waals surface area contributed by atoms with E-state index >= 15 is 0 Å². The summed E-state index contributed by atoms with van der Waals surface area (Å²) in [5.74, 6) is 3.34. The van der Waals surface area contributed by atoms with Gasteiger partial charge in [-0.05, 0) is 49.6 Å². The van der Waals surface area contributed by atoms with Gasteiger partial charge in [-0.15, -0.1) is 0 Å². The van der Waals surface area contributed by atoms with Crippen LogP contribution in [0.4, 0.5) is 0 Å². The minimum Gasteiger partial charge on any atom is -0.356 e. The second kappa shape index (κ2) is 9.58. The quantitative estimate of drug-likeness (QED) is 0.472. The predicted molar refractivity (Wildman–Crippen MR) is 112 cm³/mol. The lowest BCUT2D eigenvalue weighted by molar-refractivity contribution is 0.139. The maximum absolute atomic E-state index is 4.51. The molecule has 0 saturated carbocycles. The number of rotatable bonds is 6. The number of nitrogens with one attached hydrogen (secondary N) is 1. The molecule has 0 amide bonds. The fourth-order valence-corrected chi connectivity index (χ4v) is 4.84. The molecular formula is C21H38N6. The minimum absolute atomic E-state index is 0.570. The van der Waals surface area contributed by atoms with E-state index in [0.717, 1.165) is 37.4 Å². The van der Waals surface area contributed by atoms with E-state index in [2.05, 4.69) is 45.3 Å². The fraction of sp³-hybridized carbons (Fsp3) is 0.810. The number of likely N-dealkylation sites (tertiary alicyclic amines) is 2. The Balaban J connectivity index is 1.35. The highest BCUT2D eigenvalue weighted by molar-refractivity contribution is 5.80. The summed E-state index contributed by atoms with van der Waals surface area (Å²) in [6.07, 6.45) is 9.20. The van der Waals surface area contributed by atoms with Crippen molar-refractivity contribution >= 4 is 5.96 Å². The first kappa shape index (κ1) is 20.2. The maximum Gasteiger partial charge on any atom is 0.193 e. The van der Waals surface area contributed by atoms with E-state index in [-0.39, 0.29) is 0 Å².